The molecule has 0 spiro atoms. The first-order valence-electron chi connectivity index (χ1n) is 9.62. The van der Waals surface area contributed by atoms with E-state index >= 15 is 0 Å². The Balaban J connectivity index is 1.65. The lowest BCUT2D eigenvalue weighted by atomic mass is 9.99. The van der Waals surface area contributed by atoms with Crippen molar-refractivity contribution in [3.05, 3.63) is 107 Å². The van der Waals surface area contributed by atoms with Crippen molar-refractivity contribution in [3.63, 3.8) is 0 Å². The molecule has 0 aliphatic heterocycles. The predicted octanol–water partition coefficient (Wildman–Crippen LogP) is 6.01. The molecule has 0 aliphatic rings. The van der Waals surface area contributed by atoms with E-state index in [4.69, 9.17) is 0 Å². The Morgan fingerprint density at radius 2 is 1.61 bits per heavy atom. The van der Waals surface area contributed by atoms with E-state index in [1.165, 1.54) is 12.1 Å². The first-order valence-corrected chi connectivity index (χ1v) is 9.62. The van der Waals surface area contributed by atoms with Crippen molar-refractivity contribution in [3.8, 4) is 6.07 Å². The Hall–Kier alpha value is -3.85. The zero-order chi connectivity index (χ0) is 22.0. The topological polar surface area (TPSA) is 45.8 Å². The SMILES string of the molecule is N#Cc1ccccc1C(=O)Cc1cn(Cc2ccc(C(F)(F)F)cc2)c2ccccc12. The van der Waals surface area contributed by atoms with E-state index in [-0.39, 0.29) is 12.2 Å². The van der Waals surface area contributed by atoms with Crippen molar-refractivity contribution in [2.45, 2.75) is 19.1 Å². The molecule has 0 radical (unpaired) electrons. The number of carbonyl (C=O) groups excluding carboxylic acids is 1. The van der Waals surface area contributed by atoms with Gasteiger partial charge in [0.05, 0.1) is 17.2 Å². The molecule has 6 heteroatoms. The van der Waals surface area contributed by atoms with Crippen LogP contribution in [-0.4, -0.2) is 10.4 Å². The number of rotatable bonds is 5. The van der Waals surface area contributed by atoms with Gasteiger partial charge in [0.15, 0.2) is 5.78 Å². The van der Waals surface area contributed by atoms with Crippen LogP contribution in [-0.2, 0) is 19.1 Å². The van der Waals surface area contributed by atoms with Gasteiger partial charge in [0, 0.05) is 35.6 Å². The minimum Gasteiger partial charge on any atom is -0.343 e. The van der Waals surface area contributed by atoms with Crippen molar-refractivity contribution in [2.75, 3.05) is 0 Å². The van der Waals surface area contributed by atoms with Crippen molar-refractivity contribution in [1.82, 2.24) is 4.57 Å². The van der Waals surface area contributed by atoms with Crippen LogP contribution in [0.25, 0.3) is 10.9 Å². The standard InChI is InChI=1S/C25H17F3N2O/c26-25(27,28)20-11-9-17(10-12-20)15-30-16-19(21-6-3-4-8-23(21)30)13-24(31)22-7-2-1-5-18(22)14-29/h1-12,16H,13,15H2. The minimum absolute atomic E-state index is 0.124. The van der Waals surface area contributed by atoms with Crippen LogP contribution in [0.5, 0.6) is 0 Å². The quantitative estimate of drug-likeness (QED) is 0.373. The van der Waals surface area contributed by atoms with Gasteiger partial charge >= 0.3 is 6.18 Å². The summed E-state index contributed by atoms with van der Waals surface area (Å²) in [5, 5.41) is 10.2. The molecule has 0 saturated carbocycles. The van der Waals surface area contributed by atoms with E-state index in [0.717, 1.165) is 34.2 Å². The summed E-state index contributed by atoms with van der Waals surface area (Å²) in [6, 6.07) is 21.4. The van der Waals surface area contributed by atoms with E-state index in [2.05, 4.69) is 0 Å². The van der Waals surface area contributed by atoms with Crippen molar-refractivity contribution < 1.29 is 18.0 Å². The lowest BCUT2D eigenvalue weighted by Crippen LogP contribution is -2.06. The van der Waals surface area contributed by atoms with E-state index in [9.17, 15) is 23.2 Å². The number of fused-ring (bicyclic) bond motifs is 1. The highest BCUT2D eigenvalue weighted by atomic mass is 19.4. The normalized spacial score (nSPS) is 11.4. The molecule has 0 atom stereocenters. The largest absolute Gasteiger partial charge is 0.416 e. The monoisotopic (exact) mass is 418 g/mol. The van der Waals surface area contributed by atoms with Gasteiger partial charge in [-0.15, -0.1) is 0 Å². The number of para-hydroxylation sites is 1. The molecule has 1 aromatic heterocycles. The maximum Gasteiger partial charge on any atom is 0.416 e. The second-order valence-corrected chi connectivity index (χ2v) is 7.25. The first-order chi connectivity index (χ1) is 14.9. The summed E-state index contributed by atoms with van der Waals surface area (Å²) < 4.78 is 40.4. The number of Topliss-reactive ketones (excluding diaryl/α,β-unsaturated/α-hetero) is 1. The van der Waals surface area contributed by atoms with Gasteiger partial charge in [0.1, 0.15) is 0 Å². The molecule has 31 heavy (non-hydrogen) atoms. The molecule has 4 aromatic rings. The third-order valence-electron chi connectivity index (χ3n) is 5.20. The molecule has 0 amide bonds. The summed E-state index contributed by atoms with van der Waals surface area (Å²) in [6.07, 6.45) is -2.39. The number of alkyl halides is 3. The molecular formula is C25H17F3N2O. The number of benzene rings is 3. The van der Waals surface area contributed by atoms with Crippen molar-refractivity contribution >= 4 is 16.7 Å². The molecule has 0 saturated heterocycles. The molecule has 3 nitrogen and oxygen atoms in total. The maximum absolute atomic E-state index is 12.9. The third-order valence-corrected chi connectivity index (χ3v) is 5.20. The highest BCUT2D eigenvalue weighted by Crippen LogP contribution is 2.30. The summed E-state index contributed by atoms with van der Waals surface area (Å²) in [7, 11) is 0. The molecule has 0 aliphatic carbocycles. The van der Waals surface area contributed by atoms with Gasteiger partial charge < -0.3 is 4.57 Å². The molecule has 1 heterocycles. The molecule has 0 N–H and O–H groups in total. The van der Waals surface area contributed by atoms with Gasteiger partial charge in [-0.2, -0.15) is 18.4 Å². The zero-order valence-electron chi connectivity index (χ0n) is 16.4. The number of nitriles is 1. The average molecular weight is 418 g/mol. The highest BCUT2D eigenvalue weighted by molar-refractivity contribution is 6.01. The molecule has 154 valence electrons. The first kappa shape index (κ1) is 20.4. The lowest BCUT2D eigenvalue weighted by Gasteiger charge is -2.09. The molecule has 4 rings (SSSR count). The van der Waals surface area contributed by atoms with Gasteiger partial charge in [-0.25, -0.2) is 0 Å². The fraction of sp³-hybridized carbons (Fsp3) is 0.120. The average Bonchev–Trinajstić information content (AvgIpc) is 3.10. The van der Waals surface area contributed by atoms with Gasteiger partial charge in [-0.3, -0.25) is 4.79 Å². The fourth-order valence-corrected chi connectivity index (χ4v) is 3.68. The number of ketones is 1. The van der Waals surface area contributed by atoms with E-state index in [1.807, 2.05) is 41.1 Å². The summed E-state index contributed by atoms with van der Waals surface area (Å²) in [6.45, 7) is 0.377. The fourth-order valence-electron chi connectivity index (χ4n) is 3.68. The van der Waals surface area contributed by atoms with Crippen LogP contribution < -0.4 is 0 Å². The number of hydrogen-bond acceptors (Lipinski definition) is 2. The van der Waals surface area contributed by atoms with Crippen LogP contribution in [0.2, 0.25) is 0 Å². The highest BCUT2D eigenvalue weighted by Gasteiger charge is 2.29. The van der Waals surface area contributed by atoms with Gasteiger partial charge in [-0.05, 0) is 35.4 Å². The summed E-state index contributed by atoms with van der Waals surface area (Å²) in [5.41, 5.74) is 2.45. The Morgan fingerprint density at radius 1 is 0.935 bits per heavy atom. The predicted molar refractivity (Wildman–Crippen MR) is 112 cm³/mol. The van der Waals surface area contributed by atoms with Crippen LogP contribution in [0, 0.1) is 11.3 Å². The Labute approximate surface area is 177 Å². The van der Waals surface area contributed by atoms with Crippen LogP contribution in [0.3, 0.4) is 0 Å². The third kappa shape index (κ3) is 4.22. The zero-order valence-corrected chi connectivity index (χ0v) is 16.4. The summed E-state index contributed by atoms with van der Waals surface area (Å²) in [5.74, 6) is -0.158. The Kier molecular flexibility index (Phi) is 5.35. The van der Waals surface area contributed by atoms with Gasteiger partial charge in [0.2, 0.25) is 0 Å². The van der Waals surface area contributed by atoms with Crippen LogP contribution >= 0.6 is 0 Å². The smallest absolute Gasteiger partial charge is 0.343 e. The number of halogens is 3. The number of aromatic nitrogens is 1. The molecule has 0 fully saturated rings. The van der Waals surface area contributed by atoms with E-state index in [0.29, 0.717) is 17.7 Å². The van der Waals surface area contributed by atoms with E-state index < -0.39 is 11.7 Å². The molecule has 0 unspecified atom stereocenters. The number of hydrogen-bond donors (Lipinski definition) is 0. The van der Waals surface area contributed by atoms with Crippen molar-refractivity contribution in [1.29, 1.82) is 5.26 Å². The molecular weight excluding hydrogens is 401 g/mol. The molecule has 3 aromatic carbocycles. The van der Waals surface area contributed by atoms with Crippen LogP contribution in [0.1, 0.15) is 32.6 Å². The second-order valence-electron chi connectivity index (χ2n) is 7.25. The number of carbonyl (C=O) groups is 1. The van der Waals surface area contributed by atoms with Gasteiger partial charge in [-0.1, -0.05) is 48.5 Å². The Bertz CT molecular complexity index is 1300. The minimum atomic E-state index is -4.37. The van der Waals surface area contributed by atoms with E-state index in [1.54, 1.807) is 24.3 Å². The summed E-state index contributed by atoms with van der Waals surface area (Å²) in [4.78, 5) is 12.9. The Morgan fingerprint density at radius 3 is 2.32 bits per heavy atom. The number of nitrogens with zero attached hydrogens (tertiary/aromatic N) is 2. The summed E-state index contributed by atoms with van der Waals surface area (Å²) >= 11 is 0. The maximum atomic E-state index is 12.9. The second kappa shape index (κ2) is 8.11. The van der Waals surface area contributed by atoms with Crippen molar-refractivity contribution in [2.24, 2.45) is 0 Å². The van der Waals surface area contributed by atoms with Gasteiger partial charge in [0.25, 0.3) is 0 Å². The molecule has 0 bridgehead atoms. The lowest BCUT2D eigenvalue weighted by molar-refractivity contribution is -0.137. The van der Waals surface area contributed by atoms with Crippen LogP contribution in [0.15, 0.2) is 79.0 Å². The van der Waals surface area contributed by atoms with Crippen LogP contribution in [0.4, 0.5) is 13.2 Å².